The lowest BCUT2D eigenvalue weighted by Gasteiger charge is -2.13. The number of hydrogen-bond donors (Lipinski definition) is 0. The van der Waals surface area contributed by atoms with Crippen LogP contribution in [0.3, 0.4) is 0 Å². The summed E-state index contributed by atoms with van der Waals surface area (Å²) in [4.78, 5) is 19.0. The number of hydrogen-bond acceptors (Lipinski definition) is 4. The van der Waals surface area contributed by atoms with Crippen LogP contribution in [0, 0.1) is 11.8 Å². The van der Waals surface area contributed by atoms with E-state index in [9.17, 15) is 4.79 Å². The van der Waals surface area contributed by atoms with Gasteiger partial charge in [-0.25, -0.2) is 4.98 Å². The highest BCUT2D eigenvalue weighted by Gasteiger charge is 2.29. The van der Waals surface area contributed by atoms with Gasteiger partial charge in [-0.3, -0.25) is 4.79 Å². The first-order valence-corrected chi connectivity index (χ1v) is 7.59. The van der Waals surface area contributed by atoms with Gasteiger partial charge in [0, 0.05) is 13.1 Å². The Labute approximate surface area is 113 Å². The van der Waals surface area contributed by atoms with Crippen LogP contribution >= 0.6 is 11.3 Å². The summed E-state index contributed by atoms with van der Waals surface area (Å²) in [7, 11) is 0. The second kappa shape index (κ2) is 5.39. The van der Waals surface area contributed by atoms with Crippen molar-refractivity contribution in [2.24, 2.45) is 11.8 Å². The molecule has 1 aromatic heterocycles. The molecule has 1 fully saturated rings. The Bertz CT molecular complexity index is 419. The zero-order valence-corrected chi connectivity index (χ0v) is 12.5. The summed E-state index contributed by atoms with van der Waals surface area (Å²) >= 11 is 1.55. The van der Waals surface area contributed by atoms with Crippen LogP contribution in [0.5, 0.6) is 0 Å². The monoisotopic (exact) mass is 266 g/mol. The summed E-state index contributed by atoms with van der Waals surface area (Å²) in [5.74, 6) is 1.79. The van der Waals surface area contributed by atoms with Gasteiger partial charge in [-0.15, -0.1) is 0 Å². The van der Waals surface area contributed by atoms with E-state index in [-0.39, 0.29) is 0 Å². The lowest BCUT2D eigenvalue weighted by molar-refractivity contribution is 0.112. The minimum absolute atomic E-state index is 0.368. The van der Waals surface area contributed by atoms with Crippen molar-refractivity contribution in [2.75, 3.05) is 18.0 Å². The molecule has 0 saturated carbocycles. The molecule has 18 heavy (non-hydrogen) atoms. The van der Waals surface area contributed by atoms with Gasteiger partial charge in [-0.1, -0.05) is 39.0 Å². The van der Waals surface area contributed by atoms with E-state index in [1.54, 1.807) is 11.3 Å². The molecule has 3 atom stereocenters. The van der Waals surface area contributed by atoms with E-state index in [1.165, 1.54) is 0 Å². The predicted octanol–water partition coefficient (Wildman–Crippen LogP) is 3.56. The van der Waals surface area contributed by atoms with Crippen molar-refractivity contribution in [1.82, 2.24) is 4.98 Å². The number of nitrogens with zero attached hydrogens (tertiary/aromatic N) is 2. The minimum Gasteiger partial charge on any atom is -0.348 e. The van der Waals surface area contributed by atoms with Crippen LogP contribution in [-0.2, 0) is 0 Å². The van der Waals surface area contributed by atoms with Crippen molar-refractivity contribution in [2.45, 2.75) is 40.0 Å². The van der Waals surface area contributed by atoms with Crippen molar-refractivity contribution in [3.8, 4) is 0 Å². The van der Waals surface area contributed by atoms with E-state index in [2.05, 4.69) is 32.6 Å². The molecule has 0 bridgehead atoms. The topological polar surface area (TPSA) is 33.2 Å². The smallest absolute Gasteiger partial charge is 0.186 e. The molecule has 0 aromatic carbocycles. The molecule has 0 N–H and O–H groups in total. The molecule has 0 spiro atoms. The summed E-state index contributed by atoms with van der Waals surface area (Å²) in [6.07, 6.45) is 1.99. The van der Waals surface area contributed by atoms with Crippen LogP contribution < -0.4 is 4.90 Å². The maximum Gasteiger partial charge on any atom is 0.186 e. The number of anilines is 1. The maximum absolute atomic E-state index is 11.2. The molecule has 100 valence electrons. The third-order valence-electron chi connectivity index (χ3n) is 4.11. The average Bonchev–Trinajstić information content (AvgIpc) is 2.93. The Morgan fingerprint density at radius 3 is 2.56 bits per heavy atom. The molecule has 0 radical (unpaired) electrons. The van der Waals surface area contributed by atoms with Gasteiger partial charge in [0.15, 0.2) is 11.4 Å². The molecule has 3 unspecified atom stereocenters. The summed E-state index contributed by atoms with van der Waals surface area (Å²) in [6.45, 7) is 11.0. The van der Waals surface area contributed by atoms with Gasteiger partial charge in [-0.2, -0.15) is 0 Å². The fourth-order valence-corrected chi connectivity index (χ4v) is 3.40. The van der Waals surface area contributed by atoms with Crippen LogP contribution in [0.2, 0.25) is 0 Å². The molecule has 0 aliphatic carbocycles. The molecule has 1 aliphatic heterocycles. The van der Waals surface area contributed by atoms with Crippen molar-refractivity contribution in [3.63, 3.8) is 0 Å². The summed E-state index contributed by atoms with van der Waals surface area (Å²) in [6, 6.07) is 0. The molecule has 0 amide bonds. The predicted molar refractivity (Wildman–Crippen MR) is 76.7 cm³/mol. The second-order valence-corrected chi connectivity index (χ2v) is 6.54. The molecule has 2 rings (SSSR count). The SMILES string of the molecule is CCC(C)c1nc(N2CC(C)C(C)C2)sc1C=O. The lowest BCUT2D eigenvalue weighted by Crippen LogP contribution is -2.19. The quantitative estimate of drug-likeness (QED) is 0.781. The maximum atomic E-state index is 11.2. The first kappa shape index (κ1) is 13.5. The van der Waals surface area contributed by atoms with Gasteiger partial charge in [0.2, 0.25) is 0 Å². The molecule has 1 saturated heterocycles. The zero-order chi connectivity index (χ0) is 13.3. The van der Waals surface area contributed by atoms with Gasteiger partial charge in [0.05, 0.1) is 10.6 Å². The normalized spacial score (nSPS) is 25.4. The molecule has 1 aromatic rings. The molecule has 3 nitrogen and oxygen atoms in total. The molecular weight excluding hydrogens is 244 g/mol. The van der Waals surface area contributed by atoms with Crippen molar-refractivity contribution in [3.05, 3.63) is 10.6 Å². The number of rotatable bonds is 4. The largest absolute Gasteiger partial charge is 0.348 e. The fraction of sp³-hybridized carbons (Fsp3) is 0.714. The van der Waals surface area contributed by atoms with E-state index >= 15 is 0 Å². The summed E-state index contributed by atoms with van der Waals surface area (Å²) < 4.78 is 0. The number of thiazole rings is 1. The number of aldehydes is 1. The second-order valence-electron chi connectivity index (χ2n) is 5.53. The van der Waals surface area contributed by atoms with Gasteiger partial charge in [0.1, 0.15) is 0 Å². The van der Waals surface area contributed by atoms with Crippen molar-refractivity contribution < 1.29 is 4.79 Å². The number of carbonyl (C=O) groups excluding carboxylic acids is 1. The van der Waals surface area contributed by atoms with Crippen LogP contribution in [0.1, 0.15) is 55.4 Å². The molecule has 4 heteroatoms. The van der Waals surface area contributed by atoms with Crippen LogP contribution in [-0.4, -0.2) is 24.4 Å². The third-order valence-corrected chi connectivity index (χ3v) is 5.17. The highest BCUT2D eigenvalue weighted by molar-refractivity contribution is 7.17. The molecule has 2 heterocycles. The lowest BCUT2D eigenvalue weighted by atomic mass is 10.0. The summed E-state index contributed by atoms with van der Waals surface area (Å²) in [5.41, 5.74) is 0.986. The van der Waals surface area contributed by atoms with Crippen molar-refractivity contribution >= 4 is 22.8 Å². The first-order valence-electron chi connectivity index (χ1n) is 6.77. The highest BCUT2D eigenvalue weighted by Crippen LogP contribution is 2.34. The van der Waals surface area contributed by atoms with E-state index in [0.717, 1.165) is 41.5 Å². The van der Waals surface area contributed by atoms with Gasteiger partial charge < -0.3 is 4.90 Å². The fourth-order valence-electron chi connectivity index (χ4n) is 2.38. The number of aromatic nitrogens is 1. The minimum atomic E-state index is 0.368. The van der Waals surface area contributed by atoms with Crippen molar-refractivity contribution in [1.29, 1.82) is 0 Å². The van der Waals surface area contributed by atoms with Crippen LogP contribution in [0.25, 0.3) is 0 Å². The Kier molecular flexibility index (Phi) is 4.05. The Morgan fingerprint density at radius 2 is 2.06 bits per heavy atom. The highest BCUT2D eigenvalue weighted by atomic mass is 32.1. The Hall–Kier alpha value is -0.900. The molecule has 1 aliphatic rings. The van der Waals surface area contributed by atoms with E-state index in [4.69, 9.17) is 4.98 Å². The van der Waals surface area contributed by atoms with Gasteiger partial charge in [-0.05, 0) is 24.2 Å². The van der Waals surface area contributed by atoms with Gasteiger partial charge in [0.25, 0.3) is 0 Å². The van der Waals surface area contributed by atoms with Crippen LogP contribution in [0.15, 0.2) is 0 Å². The Balaban J connectivity index is 2.25. The van der Waals surface area contributed by atoms with E-state index in [0.29, 0.717) is 17.8 Å². The standard InChI is InChI=1S/C14H22N2OS/c1-5-9(2)13-12(8-17)18-14(15-13)16-6-10(3)11(4)7-16/h8-11H,5-7H2,1-4H3. The Morgan fingerprint density at radius 1 is 1.44 bits per heavy atom. The van der Waals surface area contributed by atoms with E-state index < -0.39 is 0 Å². The molecular formula is C14H22N2OS. The van der Waals surface area contributed by atoms with E-state index in [1.807, 2.05) is 0 Å². The van der Waals surface area contributed by atoms with Crippen LogP contribution in [0.4, 0.5) is 5.13 Å². The first-order chi connectivity index (χ1) is 8.56. The zero-order valence-electron chi connectivity index (χ0n) is 11.6. The third kappa shape index (κ3) is 2.44. The number of carbonyl (C=O) groups is 1. The summed E-state index contributed by atoms with van der Waals surface area (Å²) in [5, 5.41) is 1.03. The van der Waals surface area contributed by atoms with Gasteiger partial charge >= 0.3 is 0 Å². The average molecular weight is 266 g/mol.